The second-order valence-corrected chi connectivity index (χ2v) is 7.83. The van der Waals surface area contributed by atoms with E-state index in [1.807, 2.05) is 6.92 Å². The van der Waals surface area contributed by atoms with Crippen LogP contribution in [0.15, 0.2) is 30.3 Å². The average molecular weight is 345 g/mol. The number of hydrogen-bond donors (Lipinski definition) is 0. The number of rotatable bonds is 7. The van der Waals surface area contributed by atoms with Crippen molar-refractivity contribution in [1.82, 2.24) is 9.27 Å². The Labute approximate surface area is 149 Å². The second-order valence-electron chi connectivity index (χ2n) is 6.99. The summed E-state index contributed by atoms with van der Waals surface area (Å²) in [4.78, 5) is 3.70. The SMILES string of the molecule is Cc1cc(C(OCCN2CCCC2)c2ccc(C(C)C)cc2)sn1. The summed E-state index contributed by atoms with van der Waals surface area (Å²) in [5.74, 6) is 0.555. The van der Waals surface area contributed by atoms with Gasteiger partial charge in [0.2, 0.25) is 0 Å². The Morgan fingerprint density at radius 2 is 1.79 bits per heavy atom. The van der Waals surface area contributed by atoms with E-state index in [9.17, 15) is 0 Å². The van der Waals surface area contributed by atoms with Gasteiger partial charge in [-0.2, -0.15) is 4.37 Å². The summed E-state index contributed by atoms with van der Waals surface area (Å²) < 4.78 is 10.8. The van der Waals surface area contributed by atoms with Gasteiger partial charge in [-0.15, -0.1) is 0 Å². The maximum Gasteiger partial charge on any atom is 0.118 e. The molecule has 130 valence electrons. The van der Waals surface area contributed by atoms with Crippen molar-refractivity contribution in [1.29, 1.82) is 0 Å². The molecule has 4 heteroatoms. The van der Waals surface area contributed by atoms with E-state index < -0.39 is 0 Å². The lowest BCUT2D eigenvalue weighted by atomic mass is 9.99. The van der Waals surface area contributed by atoms with E-state index in [2.05, 4.69) is 53.5 Å². The van der Waals surface area contributed by atoms with Gasteiger partial charge in [-0.3, -0.25) is 0 Å². The Hall–Kier alpha value is -1.23. The highest BCUT2D eigenvalue weighted by Crippen LogP contribution is 2.30. The lowest BCUT2D eigenvalue weighted by Gasteiger charge is -2.20. The second kappa shape index (κ2) is 8.24. The largest absolute Gasteiger partial charge is 0.367 e. The Kier molecular flexibility index (Phi) is 6.04. The molecule has 0 N–H and O–H groups in total. The molecular formula is C20H28N2OS. The van der Waals surface area contributed by atoms with E-state index in [-0.39, 0.29) is 6.10 Å². The van der Waals surface area contributed by atoms with Crippen LogP contribution < -0.4 is 0 Å². The predicted molar refractivity (Wildman–Crippen MR) is 101 cm³/mol. The number of nitrogens with zero attached hydrogens (tertiary/aromatic N) is 2. The third-order valence-electron chi connectivity index (χ3n) is 4.70. The molecular weight excluding hydrogens is 316 g/mol. The van der Waals surface area contributed by atoms with Gasteiger partial charge >= 0.3 is 0 Å². The minimum Gasteiger partial charge on any atom is -0.367 e. The molecule has 1 saturated heterocycles. The van der Waals surface area contributed by atoms with Gasteiger partial charge in [0.15, 0.2) is 0 Å². The summed E-state index contributed by atoms with van der Waals surface area (Å²) in [6.07, 6.45) is 2.66. The van der Waals surface area contributed by atoms with Crippen LogP contribution in [0.1, 0.15) is 60.4 Å². The zero-order valence-corrected chi connectivity index (χ0v) is 15.8. The van der Waals surface area contributed by atoms with Crippen molar-refractivity contribution in [3.63, 3.8) is 0 Å². The van der Waals surface area contributed by atoms with Gasteiger partial charge < -0.3 is 9.64 Å². The van der Waals surface area contributed by atoms with E-state index in [1.165, 1.54) is 41.9 Å². The smallest absolute Gasteiger partial charge is 0.118 e. The van der Waals surface area contributed by atoms with Crippen LogP contribution in [-0.2, 0) is 4.74 Å². The van der Waals surface area contributed by atoms with Gasteiger partial charge in [-0.25, -0.2) is 0 Å². The van der Waals surface area contributed by atoms with E-state index >= 15 is 0 Å². The van der Waals surface area contributed by atoms with Crippen LogP contribution in [0.3, 0.4) is 0 Å². The van der Waals surface area contributed by atoms with Crippen molar-refractivity contribution < 1.29 is 4.74 Å². The van der Waals surface area contributed by atoms with Crippen LogP contribution in [0.25, 0.3) is 0 Å². The van der Waals surface area contributed by atoms with Gasteiger partial charge in [-0.1, -0.05) is 38.1 Å². The van der Waals surface area contributed by atoms with Crippen LogP contribution in [-0.4, -0.2) is 35.5 Å². The van der Waals surface area contributed by atoms with Crippen molar-refractivity contribution in [2.24, 2.45) is 0 Å². The maximum absolute atomic E-state index is 6.32. The molecule has 3 nitrogen and oxygen atoms in total. The average Bonchev–Trinajstić information content (AvgIpc) is 3.23. The lowest BCUT2D eigenvalue weighted by molar-refractivity contribution is 0.0664. The Balaban J connectivity index is 1.71. The fourth-order valence-electron chi connectivity index (χ4n) is 3.21. The van der Waals surface area contributed by atoms with Crippen molar-refractivity contribution >= 4 is 11.5 Å². The van der Waals surface area contributed by atoms with Crippen LogP contribution in [0.4, 0.5) is 0 Å². The van der Waals surface area contributed by atoms with Crippen LogP contribution >= 0.6 is 11.5 Å². The van der Waals surface area contributed by atoms with Gasteiger partial charge in [0.05, 0.1) is 17.2 Å². The Bertz CT molecular complexity index is 629. The van der Waals surface area contributed by atoms with Gasteiger partial charge in [0.25, 0.3) is 0 Å². The van der Waals surface area contributed by atoms with E-state index in [0.717, 1.165) is 18.8 Å². The van der Waals surface area contributed by atoms with Crippen molar-refractivity contribution in [3.05, 3.63) is 52.0 Å². The first kappa shape index (κ1) is 17.6. The topological polar surface area (TPSA) is 25.4 Å². The van der Waals surface area contributed by atoms with E-state index in [0.29, 0.717) is 5.92 Å². The Morgan fingerprint density at radius 3 is 2.38 bits per heavy atom. The molecule has 1 aliphatic rings. The number of hydrogen-bond acceptors (Lipinski definition) is 4. The fraction of sp³-hybridized carbons (Fsp3) is 0.550. The molecule has 24 heavy (non-hydrogen) atoms. The summed E-state index contributed by atoms with van der Waals surface area (Å²) in [6.45, 7) is 10.7. The van der Waals surface area contributed by atoms with Crippen LogP contribution in [0.2, 0.25) is 0 Å². The van der Waals surface area contributed by atoms with Gasteiger partial charge in [0, 0.05) is 6.54 Å². The lowest BCUT2D eigenvalue weighted by Crippen LogP contribution is -2.24. The highest BCUT2D eigenvalue weighted by atomic mass is 32.1. The molecule has 3 rings (SSSR count). The molecule has 1 aliphatic heterocycles. The maximum atomic E-state index is 6.32. The number of benzene rings is 1. The van der Waals surface area contributed by atoms with Crippen molar-refractivity contribution in [2.45, 2.75) is 45.6 Å². The first-order chi connectivity index (χ1) is 11.6. The highest BCUT2D eigenvalue weighted by Gasteiger charge is 2.19. The normalized spacial score (nSPS) is 16.8. The molecule has 0 amide bonds. The van der Waals surface area contributed by atoms with E-state index in [1.54, 1.807) is 11.5 Å². The van der Waals surface area contributed by atoms with Gasteiger partial charge in [-0.05, 0) is 67.5 Å². The molecule has 0 saturated carbocycles. The van der Waals surface area contributed by atoms with Crippen LogP contribution in [0.5, 0.6) is 0 Å². The molecule has 1 unspecified atom stereocenters. The number of likely N-dealkylation sites (tertiary alicyclic amines) is 1. The molecule has 1 aromatic carbocycles. The number of aryl methyl sites for hydroxylation is 1. The number of ether oxygens (including phenoxy) is 1. The molecule has 1 fully saturated rings. The summed E-state index contributed by atoms with van der Waals surface area (Å²) in [5.41, 5.74) is 3.67. The van der Waals surface area contributed by atoms with E-state index in [4.69, 9.17) is 4.74 Å². The predicted octanol–water partition coefficient (Wildman–Crippen LogP) is 4.78. The molecule has 0 radical (unpaired) electrons. The zero-order chi connectivity index (χ0) is 16.9. The quantitative estimate of drug-likeness (QED) is 0.723. The molecule has 2 aromatic rings. The third kappa shape index (κ3) is 4.44. The Morgan fingerprint density at radius 1 is 1.12 bits per heavy atom. The monoisotopic (exact) mass is 344 g/mol. The summed E-state index contributed by atoms with van der Waals surface area (Å²) in [6, 6.07) is 11.0. The summed E-state index contributed by atoms with van der Waals surface area (Å²) in [7, 11) is 0. The molecule has 0 aliphatic carbocycles. The number of aromatic nitrogens is 1. The first-order valence-corrected chi connectivity index (χ1v) is 9.78. The standard InChI is InChI=1S/C20H28N2OS/c1-15(2)17-6-8-18(9-7-17)20(19-14-16(3)21-24-19)23-13-12-22-10-4-5-11-22/h6-9,14-15,20H,4-5,10-13H2,1-3H3. The molecule has 1 aromatic heterocycles. The zero-order valence-electron chi connectivity index (χ0n) is 15.0. The summed E-state index contributed by atoms with van der Waals surface area (Å²) >= 11 is 1.56. The molecule has 1 atom stereocenters. The molecule has 2 heterocycles. The highest BCUT2D eigenvalue weighted by molar-refractivity contribution is 7.05. The molecule has 0 bridgehead atoms. The van der Waals surface area contributed by atoms with Crippen molar-refractivity contribution in [2.75, 3.05) is 26.2 Å². The molecule has 0 spiro atoms. The minimum atomic E-state index is 0.0000142. The van der Waals surface area contributed by atoms with Gasteiger partial charge in [0.1, 0.15) is 6.10 Å². The minimum absolute atomic E-state index is 0.0000142. The van der Waals surface area contributed by atoms with Crippen LogP contribution in [0, 0.1) is 6.92 Å². The summed E-state index contributed by atoms with van der Waals surface area (Å²) in [5, 5.41) is 0. The van der Waals surface area contributed by atoms with Crippen molar-refractivity contribution in [3.8, 4) is 0 Å². The first-order valence-electron chi connectivity index (χ1n) is 9.00. The fourth-order valence-corrected chi connectivity index (χ4v) is 4.04. The third-order valence-corrected chi connectivity index (χ3v) is 5.62.